The van der Waals surface area contributed by atoms with E-state index in [1.54, 1.807) is 33.5 Å². The summed E-state index contributed by atoms with van der Waals surface area (Å²) in [6.45, 7) is 2.69. The van der Waals surface area contributed by atoms with E-state index in [1.807, 2.05) is 12.1 Å². The first-order valence-corrected chi connectivity index (χ1v) is 14.8. The van der Waals surface area contributed by atoms with Crippen molar-refractivity contribution in [2.24, 2.45) is 17.8 Å². The SMILES string of the molecule is COc1cc2c(c(OC)c1OC)-c1ccc(NCCCC(=O)NC[C@H]3C[C@H]4C=C[C@H]3C4)c(=O)cc1[C@@H](NC(C)=O)CC2. The first-order chi connectivity index (χ1) is 20.3. The number of ether oxygens (including phenoxy) is 3. The van der Waals surface area contributed by atoms with Gasteiger partial charge in [-0.1, -0.05) is 18.2 Å². The third-order valence-corrected chi connectivity index (χ3v) is 8.79. The Kier molecular flexibility index (Phi) is 9.04. The summed E-state index contributed by atoms with van der Waals surface area (Å²) in [5.41, 5.74) is 3.51. The van der Waals surface area contributed by atoms with Gasteiger partial charge in [0.25, 0.3) is 0 Å². The molecule has 1 fully saturated rings. The van der Waals surface area contributed by atoms with E-state index in [1.165, 1.54) is 19.8 Å². The summed E-state index contributed by atoms with van der Waals surface area (Å²) in [4.78, 5) is 38.0. The molecule has 9 nitrogen and oxygen atoms in total. The molecule has 0 radical (unpaired) electrons. The van der Waals surface area contributed by atoms with Crippen molar-refractivity contribution < 1.29 is 23.8 Å². The number of nitrogens with one attached hydrogen (secondary N) is 3. The van der Waals surface area contributed by atoms with Crippen LogP contribution in [0.4, 0.5) is 5.69 Å². The molecule has 0 unspecified atom stereocenters. The van der Waals surface area contributed by atoms with Gasteiger partial charge in [-0.25, -0.2) is 0 Å². The molecular formula is C33H41N3O6. The molecule has 2 bridgehead atoms. The molecule has 3 N–H and O–H groups in total. The Bertz CT molecular complexity index is 1440. The van der Waals surface area contributed by atoms with Crippen LogP contribution in [0.25, 0.3) is 11.1 Å². The molecule has 3 aliphatic carbocycles. The van der Waals surface area contributed by atoms with Crippen LogP contribution in [0.3, 0.4) is 0 Å². The molecule has 42 heavy (non-hydrogen) atoms. The Balaban J connectivity index is 1.35. The van der Waals surface area contributed by atoms with E-state index < -0.39 is 0 Å². The lowest BCUT2D eigenvalue weighted by atomic mass is 9.93. The fourth-order valence-electron chi connectivity index (χ4n) is 6.79. The number of benzene rings is 1. The number of hydrogen-bond acceptors (Lipinski definition) is 7. The van der Waals surface area contributed by atoms with Crippen molar-refractivity contribution in [2.45, 2.75) is 51.5 Å². The number of amides is 2. The second-order valence-electron chi connectivity index (χ2n) is 11.5. The van der Waals surface area contributed by atoms with E-state index in [9.17, 15) is 14.4 Å². The lowest BCUT2D eigenvalue weighted by Gasteiger charge is -2.19. The van der Waals surface area contributed by atoms with Crippen LogP contribution in [-0.2, 0) is 16.0 Å². The van der Waals surface area contributed by atoms with Gasteiger partial charge in [0, 0.05) is 32.0 Å². The van der Waals surface area contributed by atoms with Gasteiger partial charge in [0.15, 0.2) is 11.5 Å². The van der Waals surface area contributed by atoms with Crippen molar-refractivity contribution in [3.63, 3.8) is 0 Å². The van der Waals surface area contributed by atoms with E-state index in [-0.39, 0.29) is 23.3 Å². The summed E-state index contributed by atoms with van der Waals surface area (Å²) in [5, 5.41) is 9.35. The minimum atomic E-state index is -0.367. The number of carbonyl (C=O) groups is 2. The predicted octanol–water partition coefficient (Wildman–Crippen LogP) is 4.38. The number of methoxy groups -OCH3 is 3. The molecule has 9 heteroatoms. The van der Waals surface area contributed by atoms with E-state index in [0.717, 1.165) is 23.2 Å². The zero-order chi connectivity index (χ0) is 29.8. The van der Waals surface area contributed by atoms with Crippen LogP contribution < -0.4 is 35.6 Å². The van der Waals surface area contributed by atoms with Gasteiger partial charge in [-0.2, -0.15) is 0 Å². The molecule has 2 amide bonds. The van der Waals surface area contributed by atoms with Crippen LogP contribution >= 0.6 is 0 Å². The van der Waals surface area contributed by atoms with Crippen LogP contribution in [0.1, 0.15) is 56.2 Å². The second-order valence-corrected chi connectivity index (χ2v) is 11.5. The maximum Gasteiger partial charge on any atom is 0.220 e. The van der Waals surface area contributed by atoms with Crippen molar-refractivity contribution in [2.75, 3.05) is 39.7 Å². The maximum absolute atomic E-state index is 13.4. The van der Waals surface area contributed by atoms with Crippen LogP contribution in [0.5, 0.6) is 17.2 Å². The second kappa shape index (κ2) is 12.9. The molecule has 4 atom stereocenters. The lowest BCUT2D eigenvalue weighted by Crippen LogP contribution is -2.31. The Hall–Kier alpha value is -4.01. The van der Waals surface area contributed by atoms with E-state index in [4.69, 9.17) is 14.2 Å². The van der Waals surface area contributed by atoms with E-state index in [2.05, 4.69) is 28.1 Å². The number of anilines is 1. The van der Waals surface area contributed by atoms with Crippen molar-refractivity contribution in [3.05, 3.63) is 57.8 Å². The van der Waals surface area contributed by atoms with Gasteiger partial charge in [-0.15, -0.1) is 0 Å². The molecule has 0 aromatic heterocycles. The molecule has 1 saturated carbocycles. The first kappa shape index (κ1) is 29.5. The number of fused-ring (bicyclic) bond motifs is 5. The van der Waals surface area contributed by atoms with Gasteiger partial charge in [-0.05, 0) is 84.7 Å². The fraction of sp³-hybridized carbons (Fsp3) is 0.485. The summed E-state index contributed by atoms with van der Waals surface area (Å²) in [7, 11) is 4.72. The molecule has 3 aliphatic rings. The van der Waals surface area contributed by atoms with Crippen molar-refractivity contribution in [1.82, 2.24) is 10.6 Å². The molecule has 0 aliphatic heterocycles. The minimum absolute atomic E-state index is 0.0439. The summed E-state index contributed by atoms with van der Waals surface area (Å²) in [5.74, 6) is 3.25. The highest BCUT2D eigenvalue weighted by Gasteiger charge is 2.35. The van der Waals surface area contributed by atoms with Crippen LogP contribution in [-0.4, -0.2) is 46.2 Å². The smallest absolute Gasteiger partial charge is 0.220 e. The summed E-state index contributed by atoms with van der Waals surface area (Å²) >= 11 is 0. The topological polar surface area (TPSA) is 115 Å². The number of hydrogen-bond donors (Lipinski definition) is 3. The Morgan fingerprint density at radius 2 is 1.81 bits per heavy atom. The standard InChI is InChI=1S/C33H41N3O6/c1-19(37)36-26-11-9-22-16-29(40-2)32(41-3)33(42-4)31(22)24-10-12-27(28(38)17-25(24)26)34-13-5-6-30(39)35-18-23-15-20-7-8-21(23)14-20/h7-8,10,12,16-17,20-21,23,26H,5-6,9,11,13-15,18H2,1-4H3,(H,34,38)(H,35,39)(H,36,37)/t20-,21-,23+,26-/m0/s1. The molecule has 2 aromatic rings. The van der Waals surface area contributed by atoms with Crippen molar-refractivity contribution in [1.29, 1.82) is 0 Å². The Labute approximate surface area is 247 Å². The lowest BCUT2D eigenvalue weighted by molar-refractivity contribution is -0.121. The van der Waals surface area contributed by atoms with Gasteiger partial charge in [0.05, 0.1) is 33.1 Å². The molecule has 0 spiro atoms. The fourth-order valence-corrected chi connectivity index (χ4v) is 6.79. The van der Waals surface area contributed by atoms with E-state index in [0.29, 0.717) is 78.5 Å². The summed E-state index contributed by atoms with van der Waals surface area (Å²) in [6.07, 6.45) is 9.23. The van der Waals surface area contributed by atoms with Gasteiger partial charge >= 0.3 is 0 Å². The highest BCUT2D eigenvalue weighted by atomic mass is 16.5. The molecule has 0 saturated heterocycles. The van der Waals surface area contributed by atoms with Gasteiger partial charge in [0.1, 0.15) is 0 Å². The molecule has 0 heterocycles. The van der Waals surface area contributed by atoms with Gasteiger partial charge in [0.2, 0.25) is 23.0 Å². The highest BCUT2D eigenvalue weighted by Crippen LogP contribution is 2.50. The number of allylic oxidation sites excluding steroid dienone is 2. The molecule has 2 aromatic carbocycles. The van der Waals surface area contributed by atoms with Crippen molar-refractivity contribution >= 4 is 17.5 Å². The Morgan fingerprint density at radius 3 is 2.48 bits per heavy atom. The number of aryl methyl sites for hydroxylation is 1. The quantitative estimate of drug-likeness (QED) is 0.269. The number of rotatable bonds is 11. The molecular weight excluding hydrogens is 534 g/mol. The average Bonchev–Trinajstić information content (AvgIpc) is 3.53. The van der Waals surface area contributed by atoms with Crippen LogP contribution in [0.15, 0.2) is 41.2 Å². The first-order valence-electron chi connectivity index (χ1n) is 14.8. The normalized spacial score (nSPS) is 21.5. The largest absolute Gasteiger partial charge is 0.493 e. The Morgan fingerprint density at radius 1 is 1.00 bits per heavy atom. The summed E-state index contributed by atoms with van der Waals surface area (Å²) < 4.78 is 17.1. The van der Waals surface area contributed by atoms with Crippen molar-refractivity contribution in [3.8, 4) is 28.4 Å². The minimum Gasteiger partial charge on any atom is -0.493 e. The van der Waals surface area contributed by atoms with Crippen LogP contribution in [0.2, 0.25) is 0 Å². The molecule has 5 rings (SSSR count). The zero-order valence-electron chi connectivity index (χ0n) is 24.9. The van der Waals surface area contributed by atoms with E-state index >= 15 is 0 Å². The third-order valence-electron chi connectivity index (χ3n) is 8.79. The molecule has 224 valence electrons. The maximum atomic E-state index is 13.4. The van der Waals surface area contributed by atoms with Crippen LogP contribution in [0, 0.1) is 17.8 Å². The van der Waals surface area contributed by atoms with Gasteiger partial charge < -0.3 is 30.2 Å². The predicted molar refractivity (Wildman–Crippen MR) is 162 cm³/mol. The average molecular weight is 576 g/mol. The highest BCUT2D eigenvalue weighted by molar-refractivity contribution is 5.83. The summed E-state index contributed by atoms with van der Waals surface area (Å²) in [6, 6.07) is 6.82. The number of carbonyl (C=O) groups excluding carboxylic acids is 2. The van der Waals surface area contributed by atoms with Gasteiger partial charge in [-0.3, -0.25) is 14.4 Å². The zero-order valence-corrected chi connectivity index (χ0v) is 24.9. The third kappa shape index (κ3) is 6.10. The monoisotopic (exact) mass is 575 g/mol.